The van der Waals surface area contributed by atoms with Gasteiger partial charge >= 0.3 is 0 Å². The van der Waals surface area contributed by atoms with Gasteiger partial charge in [0.2, 0.25) is 11.9 Å². The van der Waals surface area contributed by atoms with E-state index in [1.807, 2.05) is 52.6 Å². The molecular formula is C31H37ClN10O2. The summed E-state index contributed by atoms with van der Waals surface area (Å²) in [6.45, 7) is 7.41. The number of aromatic nitrogens is 3. The highest BCUT2D eigenvalue weighted by atomic mass is 35.5. The maximum Gasteiger partial charge on any atom is 0.247 e. The number of amides is 1. The van der Waals surface area contributed by atoms with Crippen molar-refractivity contribution in [2.75, 3.05) is 75.8 Å². The summed E-state index contributed by atoms with van der Waals surface area (Å²) in [5.41, 5.74) is 6.69. The molecule has 0 saturated carbocycles. The van der Waals surface area contributed by atoms with Gasteiger partial charge in [-0.05, 0) is 42.7 Å². The molecule has 0 radical (unpaired) electrons. The second-order valence-electron chi connectivity index (χ2n) is 12.1. The molecule has 12 nitrogen and oxygen atoms in total. The van der Waals surface area contributed by atoms with Gasteiger partial charge < -0.3 is 24.9 Å². The van der Waals surface area contributed by atoms with Gasteiger partial charge in [-0.2, -0.15) is 10.2 Å². The molecule has 1 amide bonds. The standard InChI is InChI=1S/C31H37ClN10O2/c32-24-4-1-3-23(17-24)31(8-9-33)21-40(22-31)27-5-2-10-42-29(27)36-30(37-42)35-25-18-34-41(19-25)20-28(43)39-11-6-26(7-12-39)38-13-15-44-16-14-38/h1-5,10,17,19,26,34H,6-8,11-16,18,20-22H2,(H,35,37). The zero-order valence-corrected chi connectivity index (χ0v) is 25.4. The molecule has 0 aliphatic carbocycles. The smallest absolute Gasteiger partial charge is 0.247 e. The number of ether oxygens (including phenoxy) is 1. The number of halogens is 1. The summed E-state index contributed by atoms with van der Waals surface area (Å²) in [5, 5.41) is 20.1. The van der Waals surface area contributed by atoms with Crippen molar-refractivity contribution in [2.24, 2.45) is 0 Å². The Bertz CT molecular complexity index is 1580. The van der Waals surface area contributed by atoms with Gasteiger partial charge in [0.1, 0.15) is 6.54 Å². The highest BCUT2D eigenvalue weighted by Gasteiger charge is 2.45. The maximum absolute atomic E-state index is 13.1. The van der Waals surface area contributed by atoms with Crippen molar-refractivity contribution in [2.45, 2.75) is 30.7 Å². The molecular weight excluding hydrogens is 580 g/mol. The lowest BCUT2D eigenvalue weighted by atomic mass is 9.71. The van der Waals surface area contributed by atoms with Crippen molar-refractivity contribution in [1.29, 1.82) is 5.26 Å². The zero-order valence-electron chi connectivity index (χ0n) is 24.7. The normalized spacial score (nSPS) is 20.8. The molecule has 2 aromatic heterocycles. The molecule has 7 rings (SSSR count). The number of hydrogen-bond donors (Lipinski definition) is 2. The van der Waals surface area contributed by atoms with Gasteiger partial charge in [0.05, 0.1) is 37.2 Å². The number of benzene rings is 1. The Labute approximate surface area is 261 Å². The van der Waals surface area contributed by atoms with Crippen LogP contribution in [0.3, 0.4) is 0 Å². The van der Waals surface area contributed by atoms with Crippen molar-refractivity contribution < 1.29 is 9.53 Å². The van der Waals surface area contributed by atoms with E-state index >= 15 is 0 Å². The largest absolute Gasteiger partial charge is 0.379 e. The van der Waals surface area contributed by atoms with Crippen molar-refractivity contribution >= 4 is 34.8 Å². The first-order chi connectivity index (χ1) is 21.5. The Kier molecular flexibility index (Phi) is 8.03. The number of pyridine rings is 1. The molecule has 3 fully saturated rings. The highest BCUT2D eigenvalue weighted by molar-refractivity contribution is 6.30. The fourth-order valence-corrected chi connectivity index (χ4v) is 7.06. The molecule has 0 unspecified atom stereocenters. The minimum absolute atomic E-state index is 0.130. The van der Waals surface area contributed by atoms with Gasteiger partial charge in [-0.3, -0.25) is 9.69 Å². The number of likely N-dealkylation sites (tertiary alicyclic amines) is 1. The molecule has 3 aromatic rings. The van der Waals surface area contributed by atoms with E-state index in [2.05, 4.69) is 37.8 Å². The van der Waals surface area contributed by atoms with E-state index < -0.39 is 0 Å². The minimum Gasteiger partial charge on any atom is -0.379 e. The quantitative estimate of drug-likeness (QED) is 0.391. The maximum atomic E-state index is 13.1. The number of carbonyl (C=O) groups is 1. The lowest BCUT2D eigenvalue weighted by Gasteiger charge is -2.50. The number of hydrazine groups is 1. The van der Waals surface area contributed by atoms with Crippen molar-refractivity contribution in [3.8, 4) is 6.07 Å². The number of rotatable bonds is 8. The van der Waals surface area contributed by atoms with Crippen LogP contribution in [-0.2, 0) is 14.9 Å². The lowest BCUT2D eigenvalue weighted by molar-refractivity contribution is -0.134. The monoisotopic (exact) mass is 616 g/mol. The summed E-state index contributed by atoms with van der Waals surface area (Å²) >= 11 is 6.27. The molecule has 3 saturated heterocycles. The number of anilines is 2. The van der Waals surface area contributed by atoms with Gasteiger partial charge in [-0.1, -0.05) is 23.7 Å². The Hall–Kier alpha value is -3.89. The molecule has 0 spiro atoms. The zero-order chi connectivity index (χ0) is 30.1. The molecule has 230 valence electrons. The van der Waals surface area contributed by atoms with Crippen molar-refractivity contribution in [3.05, 3.63) is 65.1 Å². The third kappa shape index (κ3) is 5.80. The van der Waals surface area contributed by atoms with Crippen LogP contribution in [0.25, 0.3) is 5.65 Å². The topological polar surface area (TPSA) is 117 Å². The molecule has 2 N–H and O–H groups in total. The Morgan fingerprint density at radius 3 is 2.75 bits per heavy atom. The van der Waals surface area contributed by atoms with Crippen LogP contribution < -0.4 is 15.6 Å². The molecule has 4 aliphatic heterocycles. The van der Waals surface area contributed by atoms with Gasteiger partial charge in [0.25, 0.3) is 0 Å². The van der Waals surface area contributed by atoms with E-state index in [1.165, 1.54) is 0 Å². The van der Waals surface area contributed by atoms with Crippen LogP contribution >= 0.6 is 11.6 Å². The number of nitriles is 1. The van der Waals surface area contributed by atoms with Gasteiger partial charge in [-0.25, -0.2) is 9.94 Å². The van der Waals surface area contributed by atoms with E-state index in [0.29, 0.717) is 43.1 Å². The number of morpholine rings is 1. The first kappa shape index (κ1) is 28.9. The Balaban J connectivity index is 0.962. The summed E-state index contributed by atoms with van der Waals surface area (Å²) in [4.78, 5) is 24.6. The number of hydrogen-bond acceptors (Lipinski definition) is 10. The number of piperidine rings is 1. The average Bonchev–Trinajstić information content (AvgIpc) is 3.65. The number of nitrogens with one attached hydrogen (secondary N) is 2. The third-order valence-electron chi connectivity index (χ3n) is 9.27. The fraction of sp³-hybridized carbons (Fsp3) is 0.484. The van der Waals surface area contributed by atoms with E-state index in [1.54, 1.807) is 4.52 Å². The number of carbonyl (C=O) groups excluding carboxylic acids is 1. The van der Waals surface area contributed by atoms with Crippen LogP contribution in [0.5, 0.6) is 0 Å². The summed E-state index contributed by atoms with van der Waals surface area (Å²) in [6.07, 6.45) is 6.24. The van der Waals surface area contributed by atoms with E-state index in [9.17, 15) is 10.1 Å². The second-order valence-corrected chi connectivity index (χ2v) is 12.5. The highest BCUT2D eigenvalue weighted by Crippen LogP contribution is 2.41. The van der Waals surface area contributed by atoms with E-state index in [-0.39, 0.29) is 17.9 Å². The van der Waals surface area contributed by atoms with Crippen LogP contribution in [-0.4, -0.2) is 107 Å². The summed E-state index contributed by atoms with van der Waals surface area (Å²) in [5.74, 6) is 0.619. The van der Waals surface area contributed by atoms with Gasteiger partial charge in [0.15, 0.2) is 5.65 Å². The summed E-state index contributed by atoms with van der Waals surface area (Å²) in [6, 6.07) is 14.7. The van der Waals surface area contributed by atoms with E-state index in [0.717, 1.165) is 74.8 Å². The van der Waals surface area contributed by atoms with Crippen LogP contribution in [0.2, 0.25) is 5.02 Å². The summed E-state index contributed by atoms with van der Waals surface area (Å²) < 4.78 is 7.26. The molecule has 44 heavy (non-hydrogen) atoms. The SMILES string of the molecule is N#CCC1(c2cccc(Cl)c2)CN(c2cccn3nc(NC4=CN(CC(=O)N5CCC(N6CCOCC6)CC5)NC4)nc23)C1. The predicted octanol–water partition coefficient (Wildman–Crippen LogP) is 2.45. The van der Waals surface area contributed by atoms with Crippen LogP contribution in [0.1, 0.15) is 24.8 Å². The van der Waals surface area contributed by atoms with Crippen LogP contribution in [0.15, 0.2) is 54.5 Å². The minimum atomic E-state index is -0.270. The van der Waals surface area contributed by atoms with Crippen LogP contribution in [0, 0.1) is 11.3 Å². The third-order valence-corrected chi connectivity index (χ3v) is 9.50. The molecule has 0 atom stereocenters. The molecule has 6 heterocycles. The van der Waals surface area contributed by atoms with E-state index in [4.69, 9.17) is 21.3 Å². The van der Waals surface area contributed by atoms with Crippen molar-refractivity contribution in [1.82, 2.24) is 34.8 Å². The molecule has 13 heteroatoms. The lowest BCUT2D eigenvalue weighted by Crippen LogP contribution is -2.59. The Morgan fingerprint density at radius 1 is 1.16 bits per heavy atom. The van der Waals surface area contributed by atoms with Gasteiger partial charge in [-0.15, -0.1) is 5.10 Å². The molecule has 1 aromatic carbocycles. The first-order valence-electron chi connectivity index (χ1n) is 15.3. The predicted molar refractivity (Wildman–Crippen MR) is 167 cm³/mol. The fourth-order valence-electron chi connectivity index (χ4n) is 6.87. The average molecular weight is 617 g/mol. The van der Waals surface area contributed by atoms with Gasteiger partial charge in [0, 0.05) is 74.6 Å². The number of fused-ring (bicyclic) bond motifs is 1. The summed E-state index contributed by atoms with van der Waals surface area (Å²) in [7, 11) is 0. The molecule has 0 bridgehead atoms. The van der Waals surface area contributed by atoms with Crippen molar-refractivity contribution in [3.63, 3.8) is 0 Å². The first-order valence-corrected chi connectivity index (χ1v) is 15.7. The van der Waals surface area contributed by atoms with Crippen LogP contribution in [0.4, 0.5) is 11.6 Å². The molecule has 4 aliphatic rings. The number of nitrogens with zero attached hydrogens (tertiary/aromatic N) is 8. The second kappa shape index (κ2) is 12.2. The Morgan fingerprint density at radius 2 is 1.98 bits per heavy atom.